The fourth-order valence-corrected chi connectivity index (χ4v) is 6.38. The van der Waals surface area contributed by atoms with E-state index in [4.69, 9.17) is 21.1 Å². The molecule has 0 radical (unpaired) electrons. The highest BCUT2D eigenvalue weighted by atomic mass is 35.5. The summed E-state index contributed by atoms with van der Waals surface area (Å²) in [4.78, 5) is 12.8. The molecule has 9 nitrogen and oxygen atoms in total. The topological polar surface area (TPSA) is 111 Å². The quantitative estimate of drug-likeness (QED) is 0.578. The van der Waals surface area contributed by atoms with E-state index in [1.54, 1.807) is 30.3 Å². The van der Waals surface area contributed by atoms with Crippen molar-refractivity contribution in [3.05, 3.63) is 57.5 Å². The number of carbonyl (C=O) groups excluding carboxylic acids is 1. The Balaban J connectivity index is 1.34. The van der Waals surface area contributed by atoms with Crippen LogP contribution in [0.4, 0.5) is 5.69 Å². The first-order chi connectivity index (χ1) is 15.4. The summed E-state index contributed by atoms with van der Waals surface area (Å²) in [7, 11) is -3.73. The van der Waals surface area contributed by atoms with E-state index in [1.165, 1.54) is 16.4 Å². The van der Waals surface area contributed by atoms with Crippen LogP contribution in [-0.2, 0) is 10.0 Å². The summed E-state index contributed by atoms with van der Waals surface area (Å²) in [6.07, 6.45) is 1.29. The molecular weight excluding hydrogens is 476 g/mol. The molecule has 166 valence electrons. The summed E-state index contributed by atoms with van der Waals surface area (Å²) >= 11 is 6.97. The van der Waals surface area contributed by atoms with Gasteiger partial charge in [0.2, 0.25) is 21.8 Å². The lowest BCUT2D eigenvalue weighted by molar-refractivity contribution is 0.102. The largest absolute Gasteiger partial charge is 0.454 e. The second-order valence-electron chi connectivity index (χ2n) is 7.20. The molecule has 1 saturated heterocycles. The standard InChI is InChI=1S/C20H17ClN4O5S2/c21-12-3-6-14(7-4-12)32(27,28)25-9-1-2-15(25)19-23-24-20(31-19)18(26)22-13-5-8-16-17(10-13)30-11-29-16/h3-8,10,15H,1-2,9,11H2,(H,22,26)/t15-/m1/s1. The van der Waals surface area contributed by atoms with Gasteiger partial charge in [0, 0.05) is 23.3 Å². The predicted octanol–water partition coefficient (Wildman–Crippen LogP) is 3.70. The first-order valence-electron chi connectivity index (χ1n) is 9.73. The third-order valence-electron chi connectivity index (χ3n) is 5.17. The number of nitrogens with one attached hydrogen (secondary N) is 1. The molecule has 2 aliphatic heterocycles. The van der Waals surface area contributed by atoms with E-state index in [9.17, 15) is 13.2 Å². The van der Waals surface area contributed by atoms with Crippen molar-refractivity contribution in [2.75, 3.05) is 18.7 Å². The number of halogens is 1. The van der Waals surface area contributed by atoms with Gasteiger partial charge in [-0.05, 0) is 49.2 Å². The van der Waals surface area contributed by atoms with Gasteiger partial charge in [-0.3, -0.25) is 4.79 Å². The average Bonchev–Trinajstić information content (AvgIpc) is 3.53. The Morgan fingerprint density at radius 1 is 1.12 bits per heavy atom. The Labute approximate surface area is 193 Å². The maximum absolute atomic E-state index is 13.1. The van der Waals surface area contributed by atoms with Gasteiger partial charge in [0.25, 0.3) is 5.91 Å². The number of amides is 1. The van der Waals surface area contributed by atoms with Crippen LogP contribution < -0.4 is 14.8 Å². The van der Waals surface area contributed by atoms with Gasteiger partial charge < -0.3 is 14.8 Å². The van der Waals surface area contributed by atoms with E-state index in [1.807, 2.05) is 0 Å². The molecule has 3 heterocycles. The Morgan fingerprint density at radius 2 is 1.91 bits per heavy atom. The summed E-state index contributed by atoms with van der Waals surface area (Å²) in [6.45, 7) is 0.511. The number of rotatable bonds is 5. The van der Waals surface area contributed by atoms with Gasteiger partial charge >= 0.3 is 0 Å². The number of hydrogen-bond acceptors (Lipinski definition) is 8. The molecule has 0 saturated carbocycles. The third kappa shape index (κ3) is 3.92. The van der Waals surface area contributed by atoms with Gasteiger partial charge in [-0.25, -0.2) is 8.42 Å². The predicted molar refractivity (Wildman–Crippen MR) is 118 cm³/mol. The fourth-order valence-electron chi connectivity index (χ4n) is 3.64. The SMILES string of the molecule is O=C(Nc1ccc2c(c1)OCO2)c1nnc([C@H]2CCCN2S(=O)(=O)c2ccc(Cl)cc2)s1. The second kappa shape index (κ2) is 8.32. The van der Waals surface area contributed by atoms with Crippen molar-refractivity contribution in [1.29, 1.82) is 0 Å². The molecule has 0 aliphatic carbocycles. The smallest absolute Gasteiger partial charge is 0.286 e. The van der Waals surface area contributed by atoms with Crippen LogP contribution in [0.15, 0.2) is 47.4 Å². The van der Waals surface area contributed by atoms with Crippen LogP contribution in [0.2, 0.25) is 5.02 Å². The minimum Gasteiger partial charge on any atom is -0.454 e. The molecule has 12 heteroatoms. The summed E-state index contributed by atoms with van der Waals surface area (Å²) in [5.74, 6) is 0.733. The molecule has 0 bridgehead atoms. The first kappa shape index (κ1) is 21.1. The highest BCUT2D eigenvalue weighted by molar-refractivity contribution is 7.89. The van der Waals surface area contributed by atoms with Crippen molar-refractivity contribution in [3.8, 4) is 11.5 Å². The average molecular weight is 493 g/mol. The molecule has 1 N–H and O–H groups in total. The number of nitrogens with zero attached hydrogens (tertiary/aromatic N) is 3. The monoisotopic (exact) mass is 492 g/mol. The number of benzene rings is 2. The Morgan fingerprint density at radius 3 is 2.72 bits per heavy atom. The molecule has 0 unspecified atom stereocenters. The van der Waals surface area contributed by atoms with Crippen LogP contribution in [0.1, 0.15) is 33.7 Å². The molecule has 32 heavy (non-hydrogen) atoms. The van der Waals surface area contributed by atoms with E-state index in [0.717, 1.165) is 11.3 Å². The van der Waals surface area contributed by atoms with Gasteiger partial charge in [0.05, 0.1) is 10.9 Å². The Kier molecular flexibility index (Phi) is 5.49. The maximum atomic E-state index is 13.1. The first-order valence-corrected chi connectivity index (χ1v) is 12.4. The zero-order valence-corrected chi connectivity index (χ0v) is 18.9. The molecule has 5 rings (SSSR count). The highest BCUT2D eigenvalue weighted by Gasteiger charge is 2.38. The van der Waals surface area contributed by atoms with Crippen LogP contribution in [0.25, 0.3) is 0 Å². The molecule has 2 aliphatic rings. The van der Waals surface area contributed by atoms with Crippen molar-refractivity contribution in [2.24, 2.45) is 0 Å². The van der Waals surface area contributed by atoms with Gasteiger partial charge in [0.15, 0.2) is 11.5 Å². The molecule has 3 aromatic rings. The lowest BCUT2D eigenvalue weighted by Crippen LogP contribution is -2.30. The molecule has 1 fully saturated rings. The number of carbonyl (C=O) groups is 1. The number of aromatic nitrogens is 2. The van der Waals surface area contributed by atoms with Crippen LogP contribution in [0.5, 0.6) is 11.5 Å². The molecule has 1 atom stereocenters. The summed E-state index contributed by atoms with van der Waals surface area (Å²) < 4.78 is 38.3. The number of sulfonamides is 1. The fraction of sp³-hybridized carbons (Fsp3) is 0.250. The van der Waals surface area contributed by atoms with E-state index in [2.05, 4.69) is 15.5 Å². The summed E-state index contributed by atoms with van der Waals surface area (Å²) in [5.41, 5.74) is 0.531. The maximum Gasteiger partial charge on any atom is 0.286 e. The second-order valence-corrected chi connectivity index (χ2v) is 10.5. The van der Waals surface area contributed by atoms with Crippen molar-refractivity contribution in [2.45, 2.75) is 23.8 Å². The van der Waals surface area contributed by atoms with Crippen LogP contribution >= 0.6 is 22.9 Å². The molecule has 1 aromatic heterocycles. The van der Waals surface area contributed by atoms with Crippen molar-refractivity contribution >= 4 is 44.6 Å². The third-order valence-corrected chi connectivity index (χ3v) is 8.37. The minimum absolute atomic E-state index is 0.142. The molecule has 1 amide bonds. The minimum atomic E-state index is -3.73. The van der Waals surface area contributed by atoms with E-state index < -0.39 is 22.0 Å². The van der Waals surface area contributed by atoms with Crippen molar-refractivity contribution in [3.63, 3.8) is 0 Å². The van der Waals surface area contributed by atoms with E-state index in [0.29, 0.717) is 46.6 Å². The summed E-state index contributed by atoms with van der Waals surface area (Å²) in [6, 6.07) is 10.7. The Hall–Kier alpha value is -2.73. The molecular formula is C20H17ClN4O5S2. The zero-order valence-electron chi connectivity index (χ0n) is 16.5. The lowest BCUT2D eigenvalue weighted by Gasteiger charge is -2.22. The summed E-state index contributed by atoms with van der Waals surface area (Å²) in [5, 5.41) is 12.0. The van der Waals surface area contributed by atoms with Gasteiger partial charge in [-0.15, -0.1) is 10.2 Å². The Bertz CT molecular complexity index is 1280. The van der Waals surface area contributed by atoms with E-state index >= 15 is 0 Å². The van der Waals surface area contributed by atoms with Crippen LogP contribution in [-0.4, -0.2) is 42.2 Å². The molecule has 2 aromatic carbocycles. The number of hydrogen-bond donors (Lipinski definition) is 1. The van der Waals surface area contributed by atoms with Gasteiger partial charge in [-0.1, -0.05) is 22.9 Å². The van der Waals surface area contributed by atoms with Crippen molar-refractivity contribution in [1.82, 2.24) is 14.5 Å². The number of ether oxygens (including phenoxy) is 2. The van der Waals surface area contributed by atoms with Crippen LogP contribution in [0.3, 0.4) is 0 Å². The van der Waals surface area contributed by atoms with Crippen LogP contribution in [0, 0.1) is 0 Å². The molecule has 0 spiro atoms. The zero-order chi connectivity index (χ0) is 22.3. The van der Waals surface area contributed by atoms with Gasteiger partial charge in [-0.2, -0.15) is 4.31 Å². The normalized spacial score (nSPS) is 18.1. The van der Waals surface area contributed by atoms with Crippen molar-refractivity contribution < 1.29 is 22.7 Å². The number of fused-ring (bicyclic) bond motifs is 1. The highest BCUT2D eigenvalue weighted by Crippen LogP contribution is 2.38. The van der Waals surface area contributed by atoms with E-state index in [-0.39, 0.29) is 16.7 Å². The van der Waals surface area contributed by atoms with Gasteiger partial charge in [0.1, 0.15) is 5.01 Å². The lowest BCUT2D eigenvalue weighted by atomic mass is 10.2. The number of anilines is 1.